The molecule has 2 amide bonds. The van der Waals surface area contributed by atoms with E-state index in [-0.39, 0.29) is 12.5 Å². The Bertz CT molecular complexity index is 319. The van der Waals surface area contributed by atoms with Gasteiger partial charge in [0, 0.05) is 7.05 Å². The summed E-state index contributed by atoms with van der Waals surface area (Å²) in [7, 11) is 2.61. The van der Waals surface area contributed by atoms with Crippen LogP contribution in [0.25, 0.3) is 0 Å². The zero-order valence-electron chi connectivity index (χ0n) is 11.1. The van der Waals surface area contributed by atoms with Gasteiger partial charge in [-0.1, -0.05) is 20.3 Å². The second-order valence-corrected chi connectivity index (χ2v) is 4.08. The van der Waals surface area contributed by atoms with Crippen LogP contribution in [0.1, 0.15) is 20.3 Å². The predicted molar refractivity (Wildman–Crippen MR) is 64.1 cm³/mol. The number of ether oxygens (including phenoxy) is 1. The lowest BCUT2D eigenvalue weighted by atomic mass is 9.99. The van der Waals surface area contributed by atoms with Crippen molar-refractivity contribution in [3.8, 4) is 0 Å². The van der Waals surface area contributed by atoms with Crippen LogP contribution in [0.3, 0.4) is 0 Å². The fourth-order valence-corrected chi connectivity index (χ4v) is 1.26. The Balaban J connectivity index is 4.50. The van der Waals surface area contributed by atoms with Crippen molar-refractivity contribution < 1.29 is 24.2 Å². The summed E-state index contributed by atoms with van der Waals surface area (Å²) >= 11 is 0. The molecule has 104 valence electrons. The zero-order valence-corrected chi connectivity index (χ0v) is 11.1. The number of rotatable bonds is 6. The maximum absolute atomic E-state index is 11.7. The number of hydrogen-bond acceptors (Lipinski definition) is 4. The number of carboxylic acid groups (broad SMARTS) is 1. The summed E-state index contributed by atoms with van der Waals surface area (Å²) in [4.78, 5) is 34.7. The third-order valence-corrected chi connectivity index (χ3v) is 2.70. The van der Waals surface area contributed by atoms with Crippen molar-refractivity contribution in [2.24, 2.45) is 5.92 Å². The molecule has 0 aromatic heterocycles. The number of carboxylic acids is 1. The fourth-order valence-electron chi connectivity index (χ4n) is 1.26. The number of urea groups is 1. The molecule has 0 aromatic carbocycles. The molecule has 2 atom stereocenters. The molecule has 0 bridgehead atoms. The van der Waals surface area contributed by atoms with Crippen LogP contribution < -0.4 is 5.32 Å². The van der Waals surface area contributed by atoms with Gasteiger partial charge in [0.05, 0.1) is 7.11 Å². The Morgan fingerprint density at radius 2 is 1.94 bits per heavy atom. The third kappa shape index (κ3) is 5.03. The summed E-state index contributed by atoms with van der Waals surface area (Å²) < 4.78 is 4.42. The quantitative estimate of drug-likeness (QED) is 0.670. The Hall–Kier alpha value is -1.79. The van der Waals surface area contributed by atoms with E-state index in [9.17, 15) is 14.4 Å². The molecule has 0 aromatic rings. The molecule has 18 heavy (non-hydrogen) atoms. The molecule has 7 nitrogen and oxygen atoms in total. The van der Waals surface area contributed by atoms with E-state index in [2.05, 4.69) is 10.1 Å². The highest BCUT2D eigenvalue weighted by Crippen LogP contribution is 2.08. The van der Waals surface area contributed by atoms with Crippen molar-refractivity contribution in [2.75, 3.05) is 20.7 Å². The topological polar surface area (TPSA) is 95.9 Å². The smallest absolute Gasteiger partial charge is 0.326 e. The summed E-state index contributed by atoms with van der Waals surface area (Å²) in [5, 5.41) is 11.4. The van der Waals surface area contributed by atoms with Gasteiger partial charge < -0.3 is 20.1 Å². The molecule has 2 N–H and O–H groups in total. The van der Waals surface area contributed by atoms with E-state index in [0.717, 1.165) is 4.90 Å². The molecular weight excluding hydrogens is 240 g/mol. The first kappa shape index (κ1) is 16.2. The SMILES string of the molecule is CCC(C)[C@H](NC(=O)N(C)CC(=O)OC)C(=O)O. The predicted octanol–water partition coefficient (Wildman–Crippen LogP) is 0.300. The van der Waals surface area contributed by atoms with Crippen molar-refractivity contribution in [1.29, 1.82) is 0 Å². The molecule has 0 aliphatic heterocycles. The maximum atomic E-state index is 11.7. The van der Waals surface area contributed by atoms with Gasteiger partial charge in [0.15, 0.2) is 0 Å². The van der Waals surface area contributed by atoms with Crippen molar-refractivity contribution in [3.63, 3.8) is 0 Å². The van der Waals surface area contributed by atoms with Crippen molar-refractivity contribution in [2.45, 2.75) is 26.3 Å². The second kappa shape index (κ2) is 7.52. The van der Waals surface area contributed by atoms with Gasteiger partial charge in [-0.25, -0.2) is 9.59 Å². The van der Waals surface area contributed by atoms with Crippen LogP contribution >= 0.6 is 0 Å². The van der Waals surface area contributed by atoms with E-state index in [4.69, 9.17) is 5.11 Å². The van der Waals surface area contributed by atoms with Crippen LogP contribution in [0.5, 0.6) is 0 Å². The van der Waals surface area contributed by atoms with Crippen molar-refractivity contribution in [3.05, 3.63) is 0 Å². The standard InChI is InChI=1S/C11H20N2O5/c1-5-7(2)9(10(15)16)12-11(17)13(3)6-8(14)18-4/h7,9H,5-6H2,1-4H3,(H,12,17)(H,15,16)/t7?,9-/m0/s1. The van der Waals surface area contributed by atoms with Crippen LogP contribution in [0, 0.1) is 5.92 Å². The number of aliphatic carboxylic acids is 1. The molecule has 0 spiro atoms. The van der Waals surface area contributed by atoms with Gasteiger partial charge in [0.25, 0.3) is 0 Å². The van der Waals surface area contributed by atoms with Crippen LogP contribution in [0.4, 0.5) is 4.79 Å². The lowest BCUT2D eigenvalue weighted by molar-refractivity contribution is -0.141. The number of carbonyl (C=O) groups excluding carboxylic acids is 2. The summed E-state index contributed by atoms with van der Waals surface area (Å²) in [6.07, 6.45) is 0.623. The Morgan fingerprint density at radius 3 is 2.33 bits per heavy atom. The number of carbonyl (C=O) groups is 3. The van der Waals surface area contributed by atoms with Crippen molar-refractivity contribution in [1.82, 2.24) is 10.2 Å². The van der Waals surface area contributed by atoms with E-state index in [1.807, 2.05) is 6.92 Å². The highest BCUT2D eigenvalue weighted by molar-refractivity contribution is 5.85. The number of nitrogens with zero attached hydrogens (tertiary/aromatic N) is 1. The average molecular weight is 260 g/mol. The normalized spacial score (nSPS) is 13.3. The van der Waals surface area contributed by atoms with E-state index in [1.165, 1.54) is 14.2 Å². The average Bonchev–Trinajstić information content (AvgIpc) is 2.33. The Morgan fingerprint density at radius 1 is 1.39 bits per heavy atom. The number of amides is 2. The summed E-state index contributed by atoms with van der Waals surface area (Å²) in [6.45, 7) is 3.35. The van der Waals surface area contributed by atoms with Crippen molar-refractivity contribution >= 4 is 18.0 Å². The van der Waals surface area contributed by atoms with Gasteiger partial charge in [0.2, 0.25) is 0 Å². The van der Waals surface area contributed by atoms with Gasteiger partial charge in [-0.3, -0.25) is 4.79 Å². The number of likely N-dealkylation sites (N-methyl/N-ethyl adjacent to an activating group) is 1. The molecule has 0 fully saturated rings. The molecule has 0 aliphatic rings. The monoisotopic (exact) mass is 260 g/mol. The summed E-state index contributed by atoms with van der Waals surface area (Å²) in [5.74, 6) is -1.86. The zero-order chi connectivity index (χ0) is 14.3. The maximum Gasteiger partial charge on any atom is 0.326 e. The number of esters is 1. The lowest BCUT2D eigenvalue weighted by Gasteiger charge is -2.23. The lowest BCUT2D eigenvalue weighted by Crippen LogP contribution is -2.50. The molecule has 7 heteroatoms. The fraction of sp³-hybridized carbons (Fsp3) is 0.727. The summed E-state index contributed by atoms with van der Waals surface area (Å²) in [5.41, 5.74) is 0. The van der Waals surface area contributed by atoms with Crippen LogP contribution in [-0.2, 0) is 14.3 Å². The first-order chi connectivity index (χ1) is 8.33. The first-order valence-electron chi connectivity index (χ1n) is 5.64. The Labute approximate surface area is 106 Å². The molecule has 0 saturated heterocycles. The molecule has 0 radical (unpaired) electrons. The third-order valence-electron chi connectivity index (χ3n) is 2.70. The minimum absolute atomic E-state index is 0.196. The molecular formula is C11H20N2O5. The molecule has 1 unspecified atom stereocenters. The second-order valence-electron chi connectivity index (χ2n) is 4.08. The highest BCUT2D eigenvalue weighted by Gasteiger charge is 2.26. The van der Waals surface area contributed by atoms with Gasteiger partial charge in [0.1, 0.15) is 12.6 Å². The molecule has 0 heterocycles. The van der Waals surface area contributed by atoms with E-state index >= 15 is 0 Å². The summed E-state index contributed by atoms with van der Waals surface area (Å²) in [6, 6.07) is -1.59. The van der Waals surface area contributed by atoms with E-state index in [1.54, 1.807) is 6.92 Å². The van der Waals surface area contributed by atoms with E-state index < -0.39 is 24.0 Å². The van der Waals surface area contributed by atoms with Crippen LogP contribution in [-0.4, -0.2) is 54.7 Å². The van der Waals surface area contributed by atoms with Gasteiger partial charge in [-0.05, 0) is 5.92 Å². The number of hydrogen-bond donors (Lipinski definition) is 2. The minimum atomic E-state index is -1.09. The van der Waals surface area contributed by atoms with Gasteiger partial charge in [-0.15, -0.1) is 0 Å². The van der Waals surface area contributed by atoms with Crippen LogP contribution in [0.2, 0.25) is 0 Å². The first-order valence-corrected chi connectivity index (χ1v) is 5.64. The minimum Gasteiger partial charge on any atom is -0.480 e. The number of methoxy groups -OCH3 is 1. The number of nitrogens with one attached hydrogen (secondary N) is 1. The molecule has 0 saturated carbocycles. The van der Waals surface area contributed by atoms with E-state index in [0.29, 0.717) is 6.42 Å². The molecule has 0 aliphatic carbocycles. The van der Waals surface area contributed by atoms with Gasteiger partial charge >= 0.3 is 18.0 Å². The van der Waals surface area contributed by atoms with Crippen LogP contribution in [0.15, 0.2) is 0 Å². The molecule has 0 rings (SSSR count). The largest absolute Gasteiger partial charge is 0.480 e. The Kier molecular flexibility index (Phi) is 6.77. The van der Waals surface area contributed by atoms with Gasteiger partial charge in [-0.2, -0.15) is 0 Å². The highest BCUT2D eigenvalue weighted by atomic mass is 16.5.